The number of rotatable bonds is 6. The summed E-state index contributed by atoms with van der Waals surface area (Å²) >= 11 is 0. The lowest BCUT2D eigenvalue weighted by Crippen LogP contribution is -2.35. The van der Waals surface area contributed by atoms with Crippen molar-refractivity contribution in [1.82, 2.24) is 5.32 Å². The van der Waals surface area contributed by atoms with E-state index in [-0.39, 0.29) is 24.5 Å². The first-order chi connectivity index (χ1) is 10.1. The van der Waals surface area contributed by atoms with Crippen LogP contribution in [0.1, 0.15) is 19.8 Å². The largest absolute Gasteiger partial charge is 0.484 e. The molecular weight excluding hydrogens is 272 g/mol. The van der Waals surface area contributed by atoms with Crippen LogP contribution in [0.25, 0.3) is 0 Å². The molecule has 1 atom stereocenters. The summed E-state index contributed by atoms with van der Waals surface area (Å²) in [7, 11) is 0. The summed E-state index contributed by atoms with van der Waals surface area (Å²) in [5, 5.41) is 5.45. The number of ether oxygens (including phenoxy) is 2. The smallest absolute Gasteiger partial charge is 0.258 e. The van der Waals surface area contributed by atoms with E-state index in [1.807, 2.05) is 0 Å². The second kappa shape index (κ2) is 7.64. The van der Waals surface area contributed by atoms with E-state index >= 15 is 0 Å². The van der Waals surface area contributed by atoms with Crippen LogP contribution in [0.5, 0.6) is 5.75 Å². The number of anilines is 1. The molecule has 0 radical (unpaired) electrons. The van der Waals surface area contributed by atoms with Crippen LogP contribution < -0.4 is 15.4 Å². The maximum Gasteiger partial charge on any atom is 0.258 e. The molecule has 0 unspecified atom stereocenters. The molecule has 1 aliphatic heterocycles. The lowest BCUT2D eigenvalue weighted by Gasteiger charge is -2.11. The van der Waals surface area contributed by atoms with Gasteiger partial charge in [-0.05, 0) is 37.1 Å². The number of carbonyl (C=O) groups excluding carboxylic acids is 2. The topological polar surface area (TPSA) is 76.7 Å². The molecule has 1 aliphatic rings. The SMILES string of the molecule is CC(=O)Nc1ccc(OCC(=O)NC[C@H]2CCCO2)cc1. The Hall–Kier alpha value is -2.08. The standard InChI is InChI=1S/C15H20N2O4/c1-11(18)17-12-4-6-13(7-5-12)21-10-15(19)16-9-14-3-2-8-20-14/h4-7,14H,2-3,8-10H2,1H3,(H,16,19)(H,17,18)/t14-/m1/s1. The minimum atomic E-state index is -0.170. The molecule has 2 amide bonds. The third kappa shape index (κ3) is 5.43. The Morgan fingerprint density at radius 2 is 2.10 bits per heavy atom. The van der Waals surface area contributed by atoms with E-state index in [1.54, 1.807) is 24.3 Å². The molecule has 1 aromatic rings. The Morgan fingerprint density at radius 1 is 1.33 bits per heavy atom. The van der Waals surface area contributed by atoms with E-state index in [2.05, 4.69) is 10.6 Å². The van der Waals surface area contributed by atoms with Gasteiger partial charge < -0.3 is 20.1 Å². The zero-order valence-corrected chi connectivity index (χ0v) is 12.1. The van der Waals surface area contributed by atoms with Crippen LogP contribution in [-0.2, 0) is 14.3 Å². The molecule has 1 saturated heterocycles. The molecule has 6 nitrogen and oxygen atoms in total. The molecule has 0 bridgehead atoms. The van der Waals surface area contributed by atoms with Crippen molar-refractivity contribution < 1.29 is 19.1 Å². The summed E-state index contributed by atoms with van der Waals surface area (Å²) in [5.41, 5.74) is 0.692. The normalized spacial score (nSPS) is 17.3. The molecule has 0 saturated carbocycles. The third-order valence-electron chi connectivity index (χ3n) is 3.10. The fourth-order valence-corrected chi connectivity index (χ4v) is 2.07. The van der Waals surface area contributed by atoms with E-state index in [0.29, 0.717) is 18.0 Å². The van der Waals surface area contributed by atoms with Gasteiger partial charge in [0.1, 0.15) is 5.75 Å². The Kier molecular flexibility index (Phi) is 5.57. The van der Waals surface area contributed by atoms with Gasteiger partial charge in [-0.1, -0.05) is 0 Å². The predicted octanol–water partition coefficient (Wildman–Crippen LogP) is 1.32. The summed E-state index contributed by atoms with van der Waals surface area (Å²) in [6.45, 7) is 2.72. The number of carbonyl (C=O) groups is 2. The molecule has 1 aromatic carbocycles. The highest BCUT2D eigenvalue weighted by Crippen LogP contribution is 2.15. The lowest BCUT2D eigenvalue weighted by molar-refractivity contribution is -0.123. The average molecular weight is 292 g/mol. The van der Waals surface area contributed by atoms with Gasteiger partial charge in [0, 0.05) is 25.8 Å². The molecule has 1 heterocycles. The first-order valence-corrected chi connectivity index (χ1v) is 7.02. The van der Waals surface area contributed by atoms with Gasteiger partial charge in [0.05, 0.1) is 6.10 Å². The zero-order chi connectivity index (χ0) is 15.1. The maximum atomic E-state index is 11.6. The first-order valence-electron chi connectivity index (χ1n) is 7.02. The zero-order valence-electron chi connectivity index (χ0n) is 12.1. The van der Waals surface area contributed by atoms with Crippen LogP contribution in [0.2, 0.25) is 0 Å². The van der Waals surface area contributed by atoms with Gasteiger partial charge in [0.15, 0.2) is 6.61 Å². The number of benzene rings is 1. The van der Waals surface area contributed by atoms with Gasteiger partial charge in [0.2, 0.25) is 5.91 Å². The Labute approximate surface area is 123 Å². The van der Waals surface area contributed by atoms with Crippen molar-refractivity contribution in [2.24, 2.45) is 0 Å². The van der Waals surface area contributed by atoms with Crippen molar-refractivity contribution in [3.63, 3.8) is 0 Å². The molecule has 6 heteroatoms. The summed E-state index contributed by atoms with van der Waals surface area (Å²) < 4.78 is 10.8. The molecule has 21 heavy (non-hydrogen) atoms. The van der Waals surface area contributed by atoms with Gasteiger partial charge in [-0.25, -0.2) is 0 Å². The minimum absolute atomic E-state index is 0.0355. The van der Waals surface area contributed by atoms with E-state index in [9.17, 15) is 9.59 Å². The molecule has 0 aromatic heterocycles. The Balaban J connectivity index is 1.69. The fourth-order valence-electron chi connectivity index (χ4n) is 2.07. The minimum Gasteiger partial charge on any atom is -0.484 e. The highest BCUT2D eigenvalue weighted by Gasteiger charge is 2.16. The number of amides is 2. The molecule has 1 fully saturated rings. The highest BCUT2D eigenvalue weighted by molar-refractivity contribution is 5.88. The third-order valence-corrected chi connectivity index (χ3v) is 3.10. The monoisotopic (exact) mass is 292 g/mol. The highest BCUT2D eigenvalue weighted by atomic mass is 16.5. The van der Waals surface area contributed by atoms with Crippen LogP contribution in [-0.4, -0.2) is 37.7 Å². The fraction of sp³-hybridized carbons (Fsp3) is 0.467. The molecule has 0 spiro atoms. The average Bonchev–Trinajstić information content (AvgIpc) is 2.97. The maximum absolute atomic E-state index is 11.6. The van der Waals surface area contributed by atoms with Gasteiger partial charge in [0.25, 0.3) is 5.91 Å². The summed E-state index contributed by atoms with van der Waals surface area (Å²) in [6, 6.07) is 6.86. The molecule has 0 aliphatic carbocycles. The van der Waals surface area contributed by atoms with Gasteiger partial charge in [-0.15, -0.1) is 0 Å². The Bertz CT molecular complexity index is 481. The summed E-state index contributed by atoms with van der Waals surface area (Å²) in [5.74, 6) is 0.282. The number of hydrogen-bond acceptors (Lipinski definition) is 4. The lowest BCUT2D eigenvalue weighted by atomic mass is 10.2. The molecule has 114 valence electrons. The van der Waals surface area contributed by atoms with Gasteiger partial charge >= 0.3 is 0 Å². The van der Waals surface area contributed by atoms with Crippen LogP contribution in [0, 0.1) is 0 Å². The Morgan fingerprint density at radius 3 is 2.71 bits per heavy atom. The molecule has 2 N–H and O–H groups in total. The number of hydrogen-bond donors (Lipinski definition) is 2. The summed E-state index contributed by atoms with van der Waals surface area (Å²) in [6.07, 6.45) is 2.18. The van der Waals surface area contributed by atoms with Crippen molar-refractivity contribution in [3.05, 3.63) is 24.3 Å². The predicted molar refractivity (Wildman–Crippen MR) is 78.2 cm³/mol. The van der Waals surface area contributed by atoms with Crippen LogP contribution in [0.4, 0.5) is 5.69 Å². The van der Waals surface area contributed by atoms with E-state index in [1.165, 1.54) is 6.92 Å². The van der Waals surface area contributed by atoms with Gasteiger partial charge in [-0.3, -0.25) is 9.59 Å². The van der Waals surface area contributed by atoms with Gasteiger partial charge in [-0.2, -0.15) is 0 Å². The van der Waals surface area contributed by atoms with Crippen LogP contribution in [0.15, 0.2) is 24.3 Å². The first kappa shape index (κ1) is 15.3. The van der Waals surface area contributed by atoms with Crippen LogP contribution >= 0.6 is 0 Å². The van der Waals surface area contributed by atoms with E-state index < -0.39 is 0 Å². The van der Waals surface area contributed by atoms with Crippen molar-refractivity contribution in [1.29, 1.82) is 0 Å². The van der Waals surface area contributed by atoms with E-state index in [0.717, 1.165) is 19.4 Å². The second-order valence-corrected chi connectivity index (χ2v) is 4.93. The molecule has 2 rings (SSSR count). The summed E-state index contributed by atoms with van der Waals surface area (Å²) in [4.78, 5) is 22.5. The van der Waals surface area contributed by atoms with Crippen molar-refractivity contribution in [2.75, 3.05) is 25.1 Å². The van der Waals surface area contributed by atoms with Crippen LogP contribution in [0.3, 0.4) is 0 Å². The van der Waals surface area contributed by atoms with Crippen molar-refractivity contribution in [3.8, 4) is 5.75 Å². The second-order valence-electron chi connectivity index (χ2n) is 4.93. The van der Waals surface area contributed by atoms with Crippen molar-refractivity contribution >= 4 is 17.5 Å². The molecular formula is C15H20N2O4. The number of nitrogens with one attached hydrogen (secondary N) is 2. The van der Waals surface area contributed by atoms with E-state index in [4.69, 9.17) is 9.47 Å². The quantitative estimate of drug-likeness (QED) is 0.829. The van der Waals surface area contributed by atoms with Crippen molar-refractivity contribution in [2.45, 2.75) is 25.9 Å².